The smallest absolute Gasteiger partial charge is 0.0474 e. The van der Waals surface area contributed by atoms with Crippen molar-refractivity contribution in [1.29, 1.82) is 0 Å². The minimum absolute atomic E-state index is 0.0867. The second-order valence-electron chi connectivity index (χ2n) is 3.47. The van der Waals surface area contributed by atoms with E-state index in [1.807, 2.05) is 12.1 Å². The maximum atomic E-state index is 6.09. The molecule has 0 spiro atoms. The lowest BCUT2D eigenvalue weighted by Gasteiger charge is -2.26. The molecule has 1 aromatic rings. The van der Waals surface area contributed by atoms with Crippen molar-refractivity contribution in [2.75, 3.05) is 11.9 Å². The monoisotopic (exact) mass is 196 g/mol. The van der Waals surface area contributed by atoms with Crippen molar-refractivity contribution in [3.63, 3.8) is 0 Å². The number of halogens is 1. The molecule has 0 saturated heterocycles. The van der Waals surface area contributed by atoms with Gasteiger partial charge in [0.15, 0.2) is 0 Å². The molecule has 70 valence electrons. The van der Waals surface area contributed by atoms with Crippen molar-refractivity contribution in [1.82, 2.24) is 0 Å². The Morgan fingerprint density at radius 3 is 3.00 bits per heavy atom. The van der Waals surface area contributed by atoms with Gasteiger partial charge in [-0.3, -0.25) is 0 Å². The Morgan fingerprint density at radius 1 is 1.54 bits per heavy atom. The summed E-state index contributed by atoms with van der Waals surface area (Å²) in [7, 11) is 0. The van der Waals surface area contributed by atoms with Gasteiger partial charge < -0.3 is 11.1 Å². The van der Waals surface area contributed by atoms with E-state index in [0.29, 0.717) is 0 Å². The molecule has 0 amide bonds. The Hall–Kier alpha value is -0.730. The second kappa shape index (κ2) is 3.20. The first-order valence-electron chi connectivity index (χ1n) is 4.48. The van der Waals surface area contributed by atoms with Crippen LogP contribution in [0.3, 0.4) is 0 Å². The molecule has 3 heteroatoms. The van der Waals surface area contributed by atoms with E-state index in [1.165, 1.54) is 5.56 Å². The number of benzene rings is 1. The molecule has 0 saturated carbocycles. The average Bonchev–Trinajstić information content (AvgIpc) is 2.12. The molecule has 1 atom stereocenters. The Kier molecular flexibility index (Phi) is 2.18. The number of nitrogens with one attached hydrogen (secondary N) is 1. The molecule has 1 heterocycles. The molecule has 3 N–H and O–H groups in total. The summed E-state index contributed by atoms with van der Waals surface area (Å²) in [6.45, 7) is 3.01. The highest BCUT2D eigenvalue weighted by Gasteiger charge is 2.20. The van der Waals surface area contributed by atoms with Gasteiger partial charge >= 0.3 is 0 Å². The minimum Gasteiger partial charge on any atom is -0.384 e. The molecule has 1 aromatic carbocycles. The van der Waals surface area contributed by atoms with E-state index in [-0.39, 0.29) is 6.04 Å². The molecule has 13 heavy (non-hydrogen) atoms. The Bertz CT molecular complexity index is 336. The summed E-state index contributed by atoms with van der Waals surface area (Å²) in [5.41, 5.74) is 9.42. The molecule has 0 aromatic heterocycles. The van der Waals surface area contributed by atoms with Gasteiger partial charge in [0.2, 0.25) is 0 Å². The van der Waals surface area contributed by atoms with E-state index in [9.17, 15) is 0 Å². The van der Waals surface area contributed by atoms with Crippen molar-refractivity contribution < 1.29 is 0 Å². The lowest BCUT2D eigenvalue weighted by Crippen LogP contribution is -2.23. The zero-order valence-electron chi connectivity index (χ0n) is 7.60. The molecule has 0 fully saturated rings. The predicted octanol–water partition coefficient (Wildman–Crippen LogP) is 2.46. The fourth-order valence-corrected chi connectivity index (χ4v) is 2.09. The van der Waals surface area contributed by atoms with E-state index < -0.39 is 0 Å². The van der Waals surface area contributed by atoms with Crippen LogP contribution in [-0.4, -0.2) is 6.54 Å². The van der Waals surface area contributed by atoms with Crippen molar-refractivity contribution >= 4 is 17.3 Å². The highest BCUT2D eigenvalue weighted by Crippen LogP contribution is 2.36. The molecular weight excluding hydrogens is 184 g/mol. The quantitative estimate of drug-likeness (QED) is 0.669. The molecule has 2 nitrogen and oxygen atoms in total. The van der Waals surface area contributed by atoms with Gasteiger partial charge in [-0.25, -0.2) is 0 Å². The van der Waals surface area contributed by atoms with Crippen LogP contribution in [-0.2, 0) is 0 Å². The third-order valence-electron chi connectivity index (χ3n) is 2.53. The lowest BCUT2D eigenvalue weighted by atomic mass is 9.96. The summed E-state index contributed by atoms with van der Waals surface area (Å²) in [5.74, 6) is 0. The predicted molar refractivity (Wildman–Crippen MR) is 56.2 cm³/mol. The average molecular weight is 197 g/mol. The third kappa shape index (κ3) is 1.40. The van der Waals surface area contributed by atoms with Crippen LogP contribution in [0.1, 0.15) is 23.6 Å². The molecule has 1 aliphatic heterocycles. The van der Waals surface area contributed by atoms with Crippen LogP contribution >= 0.6 is 11.6 Å². The summed E-state index contributed by atoms with van der Waals surface area (Å²) in [6.07, 6.45) is 0.955. The first-order chi connectivity index (χ1) is 6.20. The summed E-state index contributed by atoms with van der Waals surface area (Å²) >= 11 is 6.09. The topological polar surface area (TPSA) is 38.0 Å². The third-order valence-corrected chi connectivity index (χ3v) is 2.86. The van der Waals surface area contributed by atoms with Gasteiger partial charge in [-0.2, -0.15) is 0 Å². The molecule has 1 unspecified atom stereocenters. The Balaban J connectivity index is 2.60. The molecule has 0 aliphatic carbocycles. The number of fused-ring (bicyclic) bond motifs is 1. The van der Waals surface area contributed by atoms with Crippen LogP contribution in [0.15, 0.2) is 12.1 Å². The van der Waals surface area contributed by atoms with E-state index in [1.54, 1.807) is 0 Å². The number of anilines is 1. The fourth-order valence-electron chi connectivity index (χ4n) is 1.80. The van der Waals surface area contributed by atoms with E-state index in [0.717, 1.165) is 29.2 Å². The van der Waals surface area contributed by atoms with Gasteiger partial charge in [0, 0.05) is 28.9 Å². The molecule has 0 radical (unpaired) electrons. The van der Waals surface area contributed by atoms with Crippen LogP contribution < -0.4 is 11.1 Å². The number of nitrogens with two attached hydrogens (primary N) is 1. The van der Waals surface area contributed by atoms with Crippen molar-refractivity contribution in [3.05, 3.63) is 28.3 Å². The van der Waals surface area contributed by atoms with Crippen molar-refractivity contribution in [3.8, 4) is 0 Å². The standard InChI is InChI=1S/C10H13ClN2/c1-6-2-3-7(11)9-8(12)4-5-13-10(6)9/h2-3,8,13H,4-5,12H2,1H3. The first-order valence-corrected chi connectivity index (χ1v) is 4.86. The van der Waals surface area contributed by atoms with Crippen LogP contribution in [0, 0.1) is 6.92 Å². The zero-order valence-corrected chi connectivity index (χ0v) is 8.36. The SMILES string of the molecule is Cc1ccc(Cl)c2c1NCCC2N. The lowest BCUT2D eigenvalue weighted by molar-refractivity contribution is 0.654. The number of hydrogen-bond acceptors (Lipinski definition) is 2. The van der Waals surface area contributed by atoms with Gasteiger partial charge in [-0.1, -0.05) is 17.7 Å². The first kappa shape index (κ1) is 8.85. The Morgan fingerprint density at radius 2 is 2.31 bits per heavy atom. The summed E-state index contributed by atoms with van der Waals surface area (Å²) < 4.78 is 0. The van der Waals surface area contributed by atoms with Gasteiger partial charge in [-0.15, -0.1) is 0 Å². The van der Waals surface area contributed by atoms with Crippen LogP contribution in [0.2, 0.25) is 5.02 Å². The normalized spacial score (nSPS) is 20.7. The molecule has 1 aliphatic rings. The summed E-state index contributed by atoms with van der Waals surface area (Å²) in [6, 6.07) is 4.03. The largest absolute Gasteiger partial charge is 0.384 e. The fraction of sp³-hybridized carbons (Fsp3) is 0.400. The van der Waals surface area contributed by atoms with Crippen molar-refractivity contribution in [2.24, 2.45) is 5.73 Å². The van der Waals surface area contributed by atoms with Gasteiger partial charge in [-0.05, 0) is 25.0 Å². The molecular formula is C10H13ClN2. The van der Waals surface area contributed by atoms with Gasteiger partial charge in [0.25, 0.3) is 0 Å². The maximum absolute atomic E-state index is 6.09. The zero-order chi connectivity index (χ0) is 9.42. The van der Waals surface area contributed by atoms with Crippen LogP contribution in [0.5, 0.6) is 0 Å². The van der Waals surface area contributed by atoms with Gasteiger partial charge in [0.05, 0.1) is 0 Å². The second-order valence-corrected chi connectivity index (χ2v) is 3.88. The Labute approximate surface area is 83.1 Å². The highest BCUT2D eigenvalue weighted by atomic mass is 35.5. The van der Waals surface area contributed by atoms with Crippen molar-refractivity contribution in [2.45, 2.75) is 19.4 Å². The maximum Gasteiger partial charge on any atom is 0.0474 e. The number of aryl methyl sites for hydroxylation is 1. The van der Waals surface area contributed by atoms with Crippen LogP contribution in [0.25, 0.3) is 0 Å². The van der Waals surface area contributed by atoms with Gasteiger partial charge in [0.1, 0.15) is 0 Å². The van der Waals surface area contributed by atoms with Crippen LogP contribution in [0.4, 0.5) is 5.69 Å². The summed E-state index contributed by atoms with van der Waals surface area (Å²) in [4.78, 5) is 0. The number of hydrogen-bond donors (Lipinski definition) is 2. The highest BCUT2D eigenvalue weighted by molar-refractivity contribution is 6.31. The van der Waals surface area contributed by atoms with E-state index >= 15 is 0 Å². The summed E-state index contributed by atoms with van der Waals surface area (Å²) in [5, 5.41) is 4.12. The molecule has 0 bridgehead atoms. The minimum atomic E-state index is 0.0867. The van der Waals surface area contributed by atoms with E-state index in [4.69, 9.17) is 17.3 Å². The van der Waals surface area contributed by atoms with E-state index in [2.05, 4.69) is 12.2 Å². The number of rotatable bonds is 0. The molecule has 2 rings (SSSR count).